The highest BCUT2D eigenvalue weighted by Gasteiger charge is 2.24. The minimum atomic E-state index is 0.239. The number of carbonyl (C=O) groups excluding carboxylic acids is 1. The number of thiophene rings is 1. The number of carbonyl (C=O) groups is 1. The minimum Gasteiger partial charge on any atom is -0.369 e. The number of fused-ring (bicyclic) bond motifs is 1. The summed E-state index contributed by atoms with van der Waals surface area (Å²) in [7, 11) is 0. The van der Waals surface area contributed by atoms with Gasteiger partial charge in [-0.2, -0.15) is 0 Å². The van der Waals surface area contributed by atoms with E-state index in [9.17, 15) is 4.79 Å². The first-order valence-electron chi connectivity index (χ1n) is 8.25. The lowest BCUT2D eigenvalue weighted by Gasteiger charge is -2.35. The van der Waals surface area contributed by atoms with Crippen LogP contribution in [-0.4, -0.2) is 40.4 Å². The summed E-state index contributed by atoms with van der Waals surface area (Å²) in [5.41, 5.74) is 0. The van der Waals surface area contributed by atoms with Gasteiger partial charge < -0.3 is 10.2 Å². The maximum atomic E-state index is 12.4. The zero-order chi connectivity index (χ0) is 16.4. The Morgan fingerprint density at radius 3 is 2.83 bits per heavy atom. The molecule has 0 saturated carbocycles. The van der Waals surface area contributed by atoms with Gasteiger partial charge >= 0.3 is 0 Å². The van der Waals surface area contributed by atoms with Gasteiger partial charge in [0.2, 0.25) is 5.91 Å². The highest BCUT2D eigenvalue weighted by molar-refractivity contribution is 7.18. The highest BCUT2D eigenvalue weighted by Crippen LogP contribution is 2.27. The molecule has 5 nitrogen and oxygen atoms in total. The topological polar surface area (TPSA) is 58.1 Å². The van der Waals surface area contributed by atoms with Crippen molar-refractivity contribution < 1.29 is 4.79 Å². The van der Waals surface area contributed by atoms with Crippen molar-refractivity contribution in [1.29, 1.82) is 0 Å². The van der Waals surface area contributed by atoms with E-state index < -0.39 is 0 Å². The third-order valence-corrected chi connectivity index (χ3v) is 5.26. The normalized spacial score (nSPS) is 21.6. The smallest absolute Gasteiger partial charge is 0.224 e. The van der Waals surface area contributed by atoms with Crippen LogP contribution in [-0.2, 0) is 4.79 Å². The molecule has 0 bridgehead atoms. The quantitative estimate of drug-likeness (QED) is 0.933. The largest absolute Gasteiger partial charge is 0.369 e. The van der Waals surface area contributed by atoms with E-state index in [1.54, 1.807) is 17.7 Å². The Hall–Kier alpha value is -1.69. The maximum Gasteiger partial charge on any atom is 0.224 e. The zero-order valence-electron chi connectivity index (χ0n) is 14.0. The van der Waals surface area contributed by atoms with E-state index in [0.717, 1.165) is 29.1 Å². The van der Waals surface area contributed by atoms with Gasteiger partial charge in [-0.05, 0) is 31.2 Å². The van der Waals surface area contributed by atoms with Crippen LogP contribution in [0.5, 0.6) is 0 Å². The lowest BCUT2D eigenvalue weighted by molar-refractivity contribution is -0.133. The van der Waals surface area contributed by atoms with Gasteiger partial charge in [-0.25, -0.2) is 9.97 Å². The highest BCUT2D eigenvalue weighted by atomic mass is 32.1. The van der Waals surface area contributed by atoms with E-state index in [-0.39, 0.29) is 5.91 Å². The number of anilines is 1. The SMILES string of the molecule is Cc1cc2c(NCCC(=O)N3CC(C)CC(C)C3)ncnc2s1. The van der Waals surface area contributed by atoms with Crippen molar-refractivity contribution in [1.82, 2.24) is 14.9 Å². The Bertz CT molecular complexity index is 689. The molecule has 0 spiro atoms. The molecule has 1 fully saturated rings. The van der Waals surface area contributed by atoms with E-state index in [1.807, 2.05) is 4.90 Å². The zero-order valence-corrected chi connectivity index (χ0v) is 14.8. The average Bonchev–Trinajstić information content (AvgIpc) is 2.87. The van der Waals surface area contributed by atoms with Crippen LogP contribution >= 0.6 is 11.3 Å². The molecule has 23 heavy (non-hydrogen) atoms. The molecule has 1 N–H and O–H groups in total. The van der Waals surface area contributed by atoms with Crippen LogP contribution < -0.4 is 5.32 Å². The van der Waals surface area contributed by atoms with Crippen LogP contribution in [0.1, 0.15) is 31.6 Å². The third-order valence-electron chi connectivity index (χ3n) is 4.31. The average molecular weight is 332 g/mol. The number of piperidine rings is 1. The van der Waals surface area contributed by atoms with Gasteiger partial charge in [0.25, 0.3) is 0 Å². The summed E-state index contributed by atoms with van der Waals surface area (Å²) in [6.45, 7) is 8.92. The second-order valence-corrected chi connectivity index (χ2v) is 7.95. The number of aromatic nitrogens is 2. The summed E-state index contributed by atoms with van der Waals surface area (Å²) in [5, 5.41) is 4.35. The number of nitrogens with zero attached hydrogens (tertiary/aromatic N) is 3. The van der Waals surface area contributed by atoms with Crippen molar-refractivity contribution in [3.63, 3.8) is 0 Å². The second kappa shape index (κ2) is 6.83. The molecule has 0 radical (unpaired) electrons. The molecule has 1 aliphatic rings. The number of rotatable bonds is 4. The molecular formula is C17H24N4OS. The number of hydrogen-bond acceptors (Lipinski definition) is 5. The summed E-state index contributed by atoms with van der Waals surface area (Å²) >= 11 is 1.66. The molecule has 3 heterocycles. The number of amides is 1. The lowest BCUT2D eigenvalue weighted by atomic mass is 9.92. The molecule has 3 rings (SSSR count). The van der Waals surface area contributed by atoms with Crippen LogP contribution in [0, 0.1) is 18.8 Å². The van der Waals surface area contributed by atoms with E-state index in [1.165, 1.54) is 11.3 Å². The fraction of sp³-hybridized carbons (Fsp3) is 0.588. The van der Waals surface area contributed by atoms with Gasteiger partial charge in [0, 0.05) is 30.9 Å². The fourth-order valence-corrected chi connectivity index (χ4v) is 4.28. The molecule has 2 aromatic heterocycles. The lowest BCUT2D eigenvalue weighted by Crippen LogP contribution is -2.43. The number of likely N-dealkylation sites (tertiary alicyclic amines) is 1. The van der Waals surface area contributed by atoms with Crippen molar-refractivity contribution in [3.8, 4) is 0 Å². The third kappa shape index (κ3) is 3.80. The Morgan fingerprint density at radius 1 is 1.35 bits per heavy atom. The van der Waals surface area contributed by atoms with Gasteiger partial charge in [0.15, 0.2) is 0 Å². The molecular weight excluding hydrogens is 308 g/mol. The van der Waals surface area contributed by atoms with Gasteiger partial charge in [-0.15, -0.1) is 11.3 Å². The molecule has 1 aliphatic heterocycles. The van der Waals surface area contributed by atoms with E-state index in [4.69, 9.17) is 0 Å². The number of aryl methyl sites for hydroxylation is 1. The second-order valence-electron chi connectivity index (χ2n) is 6.72. The van der Waals surface area contributed by atoms with Crippen LogP contribution in [0.25, 0.3) is 10.2 Å². The maximum absolute atomic E-state index is 12.4. The molecule has 2 aromatic rings. The van der Waals surface area contributed by atoms with Crippen molar-refractivity contribution in [3.05, 3.63) is 17.3 Å². The summed E-state index contributed by atoms with van der Waals surface area (Å²) in [5.74, 6) is 2.27. The summed E-state index contributed by atoms with van der Waals surface area (Å²) < 4.78 is 0. The monoisotopic (exact) mass is 332 g/mol. The van der Waals surface area contributed by atoms with Gasteiger partial charge in [0.05, 0.1) is 5.39 Å². The van der Waals surface area contributed by atoms with E-state index in [0.29, 0.717) is 24.8 Å². The van der Waals surface area contributed by atoms with Crippen molar-refractivity contribution in [2.24, 2.45) is 11.8 Å². The summed E-state index contributed by atoms with van der Waals surface area (Å²) in [4.78, 5) is 25.2. The molecule has 0 aromatic carbocycles. The van der Waals surface area contributed by atoms with Gasteiger partial charge in [-0.3, -0.25) is 4.79 Å². The van der Waals surface area contributed by atoms with Crippen LogP contribution in [0.3, 0.4) is 0 Å². The first-order chi connectivity index (χ1) is 11.0. The van der Waals surface area contributed by atoms with Gasteiger partial charge in [-0.1, -0.05) is 13.8 Å². The molecule has 124 valence electrons. The number of nitrogens with one attached hydrogen (secondary N) is 1. The fourth-order valence-electron chi connectivity index (χ4n) is 3.43. The Kier molecular flexibility index (Phi) is 4.80. The van der Waals surface area contributed by atoms with Crippen LogP contribution in [0.2, 0.25) is 0 Å². The molecule has 1 amide bonds. The standard InChI is InChI=1S/C17H24N4OS/c1-11-6-12(2)9-21(8-11)15(22)4-5-18-16-14-7-13(3)23-17(14)20-10-19-16/h7,10-12H,4-6,8-9H2,1-3H3,(H,18,19,20). The van der Waals surface area contributed by atoms with Crippen LogP contribution in [0.15, 0.2) is 12.4 Å². The number of hydrogen-bond donors (Lipinski definition) is 1. The summed E-state index contributed by atoms with van der Waals surface area (Å²) in [6, 6.07) is 2.10. The Balaban J connectivity index is 1.57. The molecule has 6 heteroatoms. The molecule has 1 saturated heterocycles. The van der Waals surface area contributed by atoms with Gasteiger partial charge in [0.1, 0.15) is 17.0 Å². The molecule has 2 atom stereocenters. The first-order valence-corrected chi connectivity index (χ1v) is 9.07. The Labute approximate surface area is 141 Å². The predicted octanol–water partition coefficient (Wildman–Crippen LogP) is 3.31. The van der Waals surface area contributed by atoms with Crippen molar-refractivity contribution in [2.45, 2.75) is 33.6 Å². The van der Waals surface area contributed by atoms with E-state index >= 15 is 0 Å². The first kappa shape index (κ1) is 16.2. The Morgan fingerprint density at radius 2 is 2.09 bits per heavy atom. The predicted molar refractivity (Wildman–Crippen MR) is 94.8 cm³/mol. The van der Waals surface area contributed by atoms with E-state index in [2.05, 4.69) is 42.1 Å². The minimum absolute atomic E-state index is 0.239. The molecule has 2 unspecified atom stereocenters. The van der Waals surface area contributed by atoms with Crippen LogP contribution in [0.4, 0.5) is 5.82 Å². The summed E-state index contributed by atoms with van der Waals surface area (Å²) in [6.07, 6.45) is 3.31. The van der Waals surface area contributed by atoms with Crippen molar-refractivity contribution >= 4 is 33.3 Å². The molecule has 0 aliphatic carbocycles. The van der Waals surface area contributed by atoms with Crippen molar-refractivity contribution in [2.75, 3.05) is 25.0 Å².